The highest BCUT2D eigenvalue weighted by atomic mass is 16.2. The van der Waals surface area contributed by atoms with Gasteiger partial charge in [-0.15, -0.1) is 0 Å². The summed E-state index contributed by atoms with van der Waals surface area (Å²) in [4.78, 5) is 14.3. The summed E-state index contributed by atoms with van der Waals surface area (Å²) in [6.07, 6.45) is 3.01. The highest BCUT2D eigenvalue weighted by Gasteiger charge is 2.32. The largest absolute Gasteiger partial charge is 0.355 e. The van der Waals surface area contributed by atoms with Crippen molar-refractivity contribution >= 4 is 5.91 Å². The van der Waals surface area contributed by atoms with Crippen LogP contribution >= 0.6 is 0 Å². The van der Waals surface area contributed by atoms with Gasteiger partial charge < -0.3 is 11.1 Å². The Morgan fingerprint density at radius 1 is 1.26 bits per heavy atom. The van der Waals surface area contributed by atoms with Crippen molar-refractivity contribution in [2.45, 2.75) is 59.4 Å². The van der Waals surface area contributed by atoms with E-state index in [0.717, 1.165) is 32.4 Å². The van der Waals surface area contributed by atoms with E-state index in [9.17, 15) is 4.79 Å². The minimum Gasteiger partial charge on any atom is -0.355 e. The fourth-order valence-corrected chi connectivity index (χ4v) is 2.42. The Morgan fingerprint density at radius 2 is 1.84 bits per heavy atom. The van der Waals surface area contributed by atoms with Crippen molar-refractivity contribution in [3.63, 3.8) is 0 Å². The first-order valence-corrected chi connectivity index (χ1v) is 7.67. The molecule has 0 radical (unpaired) electrons. The first-order valence-electron chi connectivity index (χ1n) is 7.67. The van der Waals surface area contributed by atoms with E-state index in [1.165, 1.54) is 0 Å². The molecule has 3 N–H and O–H groups in total. The van der Waals surface area contributed by atoms with Gasteiger partial charge in [-0.1, -0.05) is 34.6 Å². The number of amides is 1. The molecular weight excluding hydrogens is 238 g/mol. The zero-order valence-corrected chi connectivity index (χ0v) is 13.5. The van der Waals surface area contributed by atoms with Gasteiger partial charge in [0, 0.05) is 18.6 Å². The summed E-state index contributed by atoms with van der Waals surface area (Å²) >= 11 is 0. The van der Waals surface area contributed by atoms with E-state index in [1.54, 1.807) is 0 Å². The lowest BCUT2D eigenvalue weighted by Gasteiger charge is -2.42. The third kappa shape index (κ3) is 5.91. The van der Waals surface area contributed by atoms with Crippen LogP contribution in [0.1, 0.15) is 53.9 Å². The molecule has 0 aromatic rings. The van der Waals surface area contributed by atoms with Gasteiger partial charge in [0.25, 0.3) is 0 Å². The van der Waals surface area contributed by atoms with Crippen LogP contribution in [-0.4, -0.2) is 42.5 Å². The lowest BCUT2D eigenvalue weighted by molar-refractivity contribution is -0.124. The normalized spacial score (nSPS) is 12.2. The summed E-state index contributed by atoms with van der Waals surface area (Å²) in [5.74, 6) is 0.599. The average molecular weight is 271 g/mol. The number of carbonyl (C=O) groups excluding carboxylic acids is 1. The quantitative estimate of drug-likeness (QED) is 0.639. The van der Waals surface area contributed by atoms with E-state index in [1.807, 2.05) is 0 Å². The average Bonchev–Trinajstić information content (AvgIpc) is 2.39. The van der Waals surface area contributed by atoms with Crippen molar-refractivity contribution < 1.29 is 4.79 Å². The molecule has 1 amide bonds. The summed E-state index contributed by atoms with van der Waals surface area (Å²) < 4.78 is 0. The maximum atomic E-state index is 12.0. The monoisotopic (exact) mass is 271 g/mol. The van der Waals surface area contributed by atoms with Gasteiger partial charge >= 0.3 is 0 Å². The van der Waals surface area contributed by atoms with Gasteiger partial charge in [-0.3, -0.25) is 9.69 Å². The summed E-state index contributed by atoms with van der Waals surface area (Å²) in [5.41, 5.74) is 5.95. The summed E-state index contributed by atoms with van der Waals surface area (Å²) in [5, 5.41) is 2.99. The van der Waals surface area contributed by atoms with Crippen LogP contribution in [0.3, 0.4) is 0 Å². The number of hydrogen-bond donors (Lipinski definition) is 2. The Hall–Kier alpha value is -0.610. The van der Waals surface area contributed by atoms with E-state index in [2.05, 4.69) is 44.8 Å². The molecule has 0 aliphatic rings. The van der Waals surface area contributed by atoms with Crippen molar-refractivity contribution in [3.05, 3.63) is 0 Å². The Balaban J connectivity index is 4.66. The second-order valence-electron chi connectivity index (χ2n) is 5.76. The lowest BCUT2D eigenvalue weighted by Crippen LogP contribution is -2.56. The first-order chi connectivity index (χ1) is 8.95. The molecule has 0 rings (SSSR count). The fourth-order valence-electron chi connectivity index (χ4n) is 2.42. The molecule has 114 valence electrons. The Morgan fingerprint density at radius 3 is 2.21 bits per heavy atom. The molecule has 0 saturated heterocycles. The van der Waals surface area contributed by atoms with Gasteiger partial charge in [0.05, 0.1) is 6.54 Å². The van der Waals surface area contributed by atoms with Gasteiger partial charge in [-0.25, -0.2) is 0 Å². The van der Waals surface area contributed by atoms with Crippen molar-refractivity contribution in [3.8, 4) is 0 Å². The van der Waals surface area contributed by atoms with Crippen LogP contribution in [0.4, 0.5) is 0 Å². The van der Waals surface area contributed by atoms with Crippen molar-refractivity contribution in [2.75, 3.05) is 26.2 Å². The topological polar surface area (TPSA) is 58.4 Å². The third-order valence-electron chi connectivity index (χ3n) is 3.90. The number of carbonyl (C=O) groups is 1. The van der Waals surface area contributed by atoms with Gasteiger partial charge in [-0.2, -0.15) is 0 Å². The summed E-state index contributed by atoms with van der Waals surface area (Å²) in [6.45, 7) is 13.4. The number of nitrogens with zero attached hydrogens (tertiary/aromatic N) is 1. The second kappa shape index (κ2) is 9.32. The minimum absolute atomic E-state index is 0.0365. The van der Waals surface area contributed by atoms with Gasteiger partial charge in [0.1, 0.15) is 0 Å². The molecule has 0 aromatic carbocycles. The number of nitrogens with one attached hydrogen (secondary N) is 1. The molecule has 0 bridgehead atoms. The SMILES string of the molecule is CCCN(CC(=O)NCC(C)C)C(CC)(CC)CN. The molecule has 4 nitrogen and oxygen atoms in total. The van der Waals surface area contributed by atoms with E-state index in [-0.39, 0.29) is 11.4 Å². The first kappa shape index (κ1) is 18.4. The van der Waals surface area contributed by atoms with Crippen molar-refractivity contribution in [2.24, 2.45) is 11.7 Å². The van der Waals surface area contributed by atoms with E-state index in [4.69, 9.17) is 5.73 Å². The molecule has 0 saturated carbocycles. The predicted octanol–water partition coefficient (Wildman–Crippen LogP) is 1.99. The molecule has 0 atom stereocenters. The highest BCUT2D eigenvalue weighted by Crippen LogP contribution is 2.22. The Kier molecular flexibility index (Phi) is 9.02. The van der Waals surface area contributed by atoms with Gasteiger partial charge in [-0.05, 0) is 31.7 Å². The predicted molar refractivity (Wildman–Crippen MR) is 82.1 cm³/mol. The minimum atomic E-state index is -0.0365. The molecule has 19 heavy (non-hydrogen) atoms. The van der Waals surface area contributed by atoms with E-state index >= 15 is 0 Å². The van der Waals surface area contributed by atoms with Crippen LogP contribution in [0, 0.1) is 5.92 Å². The molecular formula is C15H33N3O. The van der Waals surface area contributed by atoms with Crippen LogP contribution in [0.5, 0.6) is 0 Å². The van der Waals surface area contributed by atoms with Crippen molar-refractivity contribution in [1.82, 2.24) is 10.2 Å². The maximum absolute atomic E-state index is 12.0. The van der Waals surface area contributed by atoms with Crippen LogP contribution < -0.4 is 11.1 Å². The van der Waals surface area contributed by atoms with Crippen LogP contribution in [0.25, 0.3) is 0 Å². The summed E-state index contributed by atoms with van der Waals surface area (Å²) in [7, 11) is 0. The van der Waals surface area contributed by atoms with Crippen LogP contribution in [0.2, 0.25) is 0 Å². The zero-order chi connectivity index (χ0) is 14.9. The van der Waals surface area contributed by atoms with E-state index in [0.29, 0.717) is 19.0 Å². The van der Waals surface area contributed by atoms with Gasteiger partial charge in [0.2, 0.25) is 5.91 Å². The van der Waals surface area contributed by atoms with Crippen molar-refractivity contribution in [1.29, 1.82) is 0 Å². The lowest BCUT2D eigenvalue weighted by atomic mass is 9.90. The number of hydrogen-bond acceptors (Lipinski definition) is 3. The van der Waals surface area contributed by atoms with Crippen LogP contribution in [0.15, 0.2) is 0 Å². The molecule has 0 heterocycles. The van der Waals surface area contributed by atoms with Gasteiger partial charge in [0.15, 0.2) is 0 Å². The molecule has 4 heteroatoms. The Labute approximate surface area is 119 Å². The molecule has 0 spiro atoms. The second-order valence-corrected chi connectivity index (χ2v) is 5.76. The molecule has 0 aromatic heterocycles. The van der Waals surface area contributed by atoms with E-state index < -0.39 is 0 Å². The molecule has 0 aliphatic heterocycles. The standard InChI is InChI=1S/C15H33N3O/c1-6-9-18(15(7-2,8-3)12-16)11-14(19)17-10-13(4)5/h13H,6-12,16H2,1-5H3,(H,17,19). The zero-order valence-electron chi connectivity index (χ0n) is 13.5. The van der Waals surface area contributed by atoms with Crippen LogP contribution in [-0.2, 0) is 4.79 Å². The molecule has 0 aliphatic carbocycles. The Bertz CT molecular complexity index is 242. The fraction of sp³-hybridized carbons (Fsp3) is 0.933. The number of nitrogens with two attached hydrogens (primary N) is 1. The highest BCUT2D eigenvalue weighted by molar-refractivity contribution is 5.78. The number of rotatable bonds is 10. The molecule has 0 unspecified atom stereocenters. The smallest absolute Gasteiger partial charge is 0.234 e. The third-order valence-corrected chi connectivity index (χ3v) is 3.90. The summed E-state index contributed by atoms with van der Waals surface area (Å²) in [6, 6.07) is 0. The molecule has 0 fully saturated rings. The maximum Gasteiger partial charge on any atom is 0.234 e.